The van der Waals surface area contributed by atoms with Crippen LogP contribution in [0.3, 0.4) is 0 Å². The van der Waals surface area contributed by atoms with E-state index in [4.69, 9.17) is 18.3 Å². The number of ether oxygens (including phenoxy) is 3. The zero-order valence-corrected chi connectivity index (χ0v) is 30.9. The molecule has 0 rings (SSSR count). The predicted molar refractivity (Wildman–Crippen MR) is 179 cm³/mol. The first-order valence-electron chi connectivity index (χ1n) is 16.6. The van der Waals surface area contributed by atoms with Crippen molar-refractivity contribution in [2.45, 2.75) is 129 Å². The van der Waals surface area contributed by atoms with Gasteiger partial charge in [-0.3, -0.25) is 0 Å². The molecule has 42 heavy (non-hydrogen) atoms. The maximum atomic E-state index is 10.5. The quantitative estimate of drug-likeness (QED) is 0.0803. The van der Waals surface area contributed by atoms with E-state index in [-0.39, 0.29) is 6.10 Å². The molecular formula is C31H70N2O7Si2. The summed E-state index contributed by atoms with van der Waals surface area (Å²) >= 11 is 0. The van der Waals surface area contributed by atoms with Gasteiger partial charge in [0.2, 0.25) is 0 Å². The fourth-order valence-corrected chi connectivity index (χ4v) is 13.9. The van der Waals surface area contributed by atoms with Gasteiger partial charge >= 0.3 is 0 Å². The summed E-state index contributed by atoms with van der Waals surface area (Å²) in [5.41, 5.74) is 0. The molecule has 0 radical (unpaired) electrons. The van der Waals surface area contributed by atoms with Crippen molar-refractivity contribution in [3.05, 3.63) is 0 Å². The average Bonchev–Trinajstić information content (AvgIpc) is 2.87. The van der Waals surface area contributed by atoms with E-state index in [1.165, 1.54) is 12.8 Å². The van der Waals surface area contributed by atoms with Crippen molar-refractivity contribution in [3.8, 4) is 0 Å². The molecule has 9 nitrogen and oxygen atoms in total. The van der Waals surface area contributed by atoms with E-state index in [0.29, 0.717) is 46.1 Å². The molecule has 0 aromatic carbocycles. The minimum absolute atomic E-state index is 0.149. The Morgan fingerprint density at radius 3 is 1.71 bits per heavy atom. The van der Waals surface area contributed by atoms with E-state index >= 15 is 0 Å². The molecule has 0 aliphatic heterocycles. The molecule has 0 bridgehead atoms. The van der Waals surface area contributed by atoms with Gasteiger partial charge in [0.25, 0.3) is 0 Å². The van der Waals surface area contributed by atoms with Crippen molar-refractivity contribution in [3.63, 3.8) is 0 Å². The van der Waals surface area contributed by atoms with Crippen LogP contribution in [0.5, 0.6) is 0 Å². The molecule has 0 aromatic rings. The van der Waals surface area contributed by atoms with E-state index < -0.39 is 34.9 Å². The molecule has 3 N–H and O–H groups in total. The summed E-state index contributed by atoms with van der Waals surface area (Å²) in [5.74, 6) is 0. The van der Waals surface area contributed by atoms with Crippen molar-refractivity contribution in [2.75, 3.05) is 72.8 Å². The van der Waals surface area contributed by atoms with Crippen molar-refractivity contribution < 1.29 is 33.6 Å². The lowest BCUT2D eigenvalue weighted by molar-refractivity contribution is -0.00567. The SMILES string of the molecule is CCN(CCCCCCN(C)CC(O)COC(C)C)CC(O)COCCC[Si](C)(C)O[Si](C)(C)CCCOCC(C)O. The molecule has 0 heterocycles. The second-order valence-electron chi connectivity index (χ2n) is 13.6. The average molecular weight is 639 g/mol. The van der Waals surface area contributed by atoms with Gasteiger partial charge in [0, 0.05) is 26.3 Å². The minimum atomic E-state index is -1.77. The first-order valence-corrected chi connectivity index (χ1v) is 22.8. The van der Waals surface area contributed by atoms with E-state index in [9.17, 15) is 15.3 Å². The Labute approximate surface area is 261 Å². The van der Waals surface area contributed by atoms with E-state index in [1.54, 1.807) is 6.92 Å². The highest BCUT2D eigenvalue weighted by Crippen LogP contribution is 2.24. The number of unbranched alkanes of at least 4 members (excludes halogenated alkanes) is 3. The zero-order valence-electron chi connectivity index (χ0n) is 28.9. The molecule has 0 aliphatic carbocycles. The third-order valence-corrected chi connectivity index (χ3v) is 14.7. The Bertz CT molecular complexity index is 630. The highest BCUT2D eigenvalue weighted by atomic mass is 28.4. The molecule has 0 spiro atoms. The first kappa shape index (κ1) is 42.1. The maximum absolute atomic E-state index is 10.5. The molecule has 0 aliphatic rings. The maximum Gasteiger partial charge on any atom is 0.173 e. The largest absolute Gasteiger partial charge is 0.455 e. The lowest BCUT2D eigenvalue weighted by atomic mass is 10.1. The first-order chi connectivity index (χ1) is 19.7. The Morgan fingerprint density at radius 2 is 1.19 bits per heavy atom. The summed E-state index contributed by atoms with van der Waals surface area (Å²) in [6, 6.07) is 2.12. The van der Waals surface area contributed by atoms with Crippen molar-refractivity contribution in [2.24, 2.45) is 0 Å². The monoisotopic (exact) mass is 638 g/mol. The molecule has 3 atom stereocenters. The molecule has 254 valence electrons. The smallest absolute Gasteiger partial charge is 0.173 e. The third kappa shape index (κ3) is 26.5. The van der Waals surface area contributed by atoms with Gasteiger partial charge in [0.15, 0.2) is 16.6 Å². The van der Waals surface area contributed by atoms with Crippen molar-refractivity contribution in [1.82, 2.24) is 9.80 Å². The standard InChI is InChI=1S/C31H70N2O7Si2/c1-10-33(18-14-12-11-13-17-32(5)23-30(35)27-39-28(2)3)24-31(36)26-38-20-16-22-42(8,9)40-41(6,7)21-15-19-37-25-29(4)34/h28-31,34-36H,10-27H2,1-9H3. The molecule has 0 amide bonds. The summed E-state index contributed by atoms with van der Waals surface area (Å²) < 4.78 is 23.5. The Balaban J connectivity index is 3.97. The molecule has 0 aromatic heterocycles. The van der Waals surface area contributed by atoms with Crippen molar-refractivity contribution in [1.29, 1.82) is 0 Å². The van der Waals surface area contributed by atoms with Crippen LogP contribution in [0, 0.1) is 0 Å². The van der Waals surface area contributed by atoms with Crippen LogP contribution in [-0.4, -0.2) is 139 Å². The summed E-state index contributed by atoms with van der Waals surface area (Å²) in [6.07, 6.45) is 5.39. The highest BCUT2D eigenvalue weighted by Gasteiger charge is 2.32. The lowest BCUT2D eigenvalue weighted by Gasteiger charge is -2.34. The summed E-state index contributed by atoms with van der Waals surface area (Å²) in [4.78, 5) is 4.50. The van der Waals surface area contributed by atoms with E-state index in [2.05, 4.69) is 50.0 Å². The van der Waals surface area contributed by atoms with Crippen LogP contribution in [0.4, 0.5) is 0 Å². The summed E-state index contributed by atoms with van der Waals surface area (Å²) in [5, 5.41) is 29.9. The second kappa shape index (κ2) is 24.3. The zero-order chi connectivity index (χ0) is 32.0. The van der Waals surface area contributed by atoms with Gasteiger partial charge in [-0.2, -0.15) is 0 Å². The van der Waals surface area contributed by atoms with Gasteiger partial charge in [-0.1, -0.05) is 19.8 Å². The van der Waals surface area contributed by atoms with Crippen LogP contribution in [0.25, 0.3) is 0 Å². The van der Waals surface area contributed by atoms with Crippen LogP contribution in [-0.2, 0) is 18.3 Å². The predicted octanol–water partition coefficient (Wildman–Crippen LogP) is 4.57. The summed E-state index contributed by atoms with van der Waals surface area (Å²) in [6.45, 7) is 23.8. The van der Waals surface area contributed by atoms with Gasteiger partial charge < -0.3 is 43.4 Å². The molecule has 11 heteroatoms. The highest BCUT2D eigenvalue weighted by molar-refractivity contribution is 6.84. The van der Waals surface area contributed by atoms with Crippen LogP contribution in [0.2, 0.25) is 38.3 Å². The molecular weight excluding hydrogens is 569 g/mol. The molecule has 0 saturated heterocycles. The molecule has 0 fully saturated rings. The van der Waals surface area contributed by atoms with Crippen LogP contribution >= 0.6 is 0 Å². The van der Waals surface area contributed by atoms with Crippen LogP contribution in [0.1, 0.15) is 66.2 Å². The molecule has 3 unspecified atom stereocenters. The van der Waals surface area contributed by atoms with Crippen molar-refractivity contribution >= 4 is 16.6 Å². The molecule has 0 saturated carbocycles. The number of hydrogen-bond acceptors (Lipinski definition) is 9. The number of nitrogens with zero attached hydrogens (tertiary/aromatic N) is 2. The van der Waals surface area contributed by atoms with E-state index in [1.807, 2.05) is 13.8 Å². The number of likely N-dealkylation sites (N-methyl/N-ethyl adjacent to an activating group) is 2. The van der Waals surface area contributed by atoms with Gasteiger partial charge in [-0.05, 0) is 111 Å². The van der Waals surface area contributed by atoms with Gasteiger partial charge in [-0.25, -0.2) is 0 Å². The third-order valence-electron chi connectivity index (χ3n) is 7.18. The number of hydrogen-bond donors (Lipinski definition) is 3. The number of aliphatic hydroxyl groups is 3. The number of rotatable bonds is 29. The van der Waals surface area contributed by atoms with Gasteiger partial charge in [0.05, 0.1) is 44.2 Å². The Morgan fingerprint density at radius 1 is 0.667 bits per heavy atom. The van der Waals surface area contributed by atoms with E-state index in [0.717, 1.165) is 57.4 Å². The van der Waals surface area contributed by atoms with Gasteiger partial charge in [-0.15, -0.1) is 0 Å². The summed E-state index contributed by atoms with van der Waals surface area (Å²) in [7, 11) is -1.46. The fraction of sp³-hybridized carbons (Fsp3) is 1.00. The Hall–Kier alpha value is 0.0738. The normalized spacial score (nSPS) is 15.2. The van der Waals surface area contributed by atoms with Crippen LogP contribution < -0.4 is 0 Å². The topological polar surface area (TPSA) is 104 Å². The lowest BCUT2D eigenvalue weighted by Crippen LogP contribution is -2.44. The fourth-order valence-electron chi connectivity index (χ4n) is 5.13. The number of aliphatic hydroxyl groups excluding tert-OH is 3. The van der Waals surface area contributed by atoms with Gasteiger partial charge in [0.1, 0.15) is 0 Å². The minimum Gasteiger partial charge on any atom is -0.455 e. The Kier molecular flexibility index (Phi) is 24.4. The van der Waals surface area contributed by atoms with Crippen LogP contribution in [0.15, 0.2) is 0 Å². The second-order valence-corrected chi connectivity index (χ2v) is 22.4.